The first-order valence-electron chi connectivity index (χ1n) is 6.07. The molecule has 0 atom stereocenters. The zero-order valence-corrected chi connectivity index (χ0v) is 11.4. The minimum absolute atomic E-state index is 0.000420. The predicted octanol–water partition coefficient (Wildman–Crippen LogP) is 1.15. The van der Waals surface area contributed by atoms with E-state index in [4.69, 9.17) is 4.74 Å². The fraction of sp³-hybridized carbons (Fsp3) is 0.636. The molecule has 1 rings (SSSR count). The number of ether oxygens (including phenoxy) is 1. The van der Waals surface area contributed by atoms with E-state index in [0.717, 1.165) is 12.6 Å². The van der Waals surface area contributed by atoms with Crippen LogP contribution in [0.25, 0.3) is 0 Å². The number of nitrogens with zero attached hydrogens (tertiary/aromatic N) is 4. The molecule has 0 amide bonds. The molecule has 106 valence electrons. The first kappa shape index (κ1) is 15.1. The van der Waals surface area contributed by atoms with Crippen molar-refractivity contribution in [1.29, 1.82) is 0 Å². The van der Waals surface area contributed by atoms with Crippen LogP contribution in [0.4, 0.5) is 11.6 Å². The van der Waals surface area contributed by atoms with E-state index < -0.39 is 4.92 Å². The molecule has 0 bridgehead atoms. The van der Waals surface area contributed by atoms with Gasteiger partial charge in [-0.3, -0.25) is 10.1 Å². The SMILES string of the molecule is CCCNc1ncc([N+](=O)[O-])c(OCCN(C)C)n1. The summed E-state index contributed by atoms with van der Waals surface area (Å²) in [5.74, 6) is 0.341. The highest BCUT2D eigenvalue weighted by Crippen LogP contribution is 2.24. The molecule has 1 aromatic heterocycles. The second-order valence-electron chi connectivity index (χ2n) is 4.22. The number of nitro groups is 1. The summed E-state index contributed by atoms with van der Waals surface area (Å²) < 4.78 is 5.36. The van der Waals surface area contributed by atoms with Gasteiger partial charge < -0.3 is 15.0 Å². The molecule has 1 N–H and O–H groups in total. The van der Waals surface area contributed by atoms with Crippen molar-refractivity contribution >= 4 is 11.6 Å². The van der Waals surface area contributed by atoms with Gasteiger partial charge in [0.05, 0.1) is 4.92 Å². The fourth-order valence-electron chi connectivity index (χ4n) is 1.24. The molecule has 0 aliphatic heterocycles. The summed E-state index contributed by atoms with van der Waals surface area (Å²) in [7, 11) is 3.79. The molecule has 8 nitrogen and oxygen atoms in total. The first-order valence-corrected chi connectivity index (χ1v) is 6.07. The summed E-state index contributed by atoms with van der Waals surface area (Å²) in [6, 6.07) is 0. The number of hydrogen-bond acceptors (Lipinski definition) is 7. The molecule has 8 heteroatoms. The van der Waals surface area contributed by atoms with Gasteiger partial charge in [-0.15, -0.1) is 0 Å². The summed E-state index contributed by atoms with van der Waals surface area (Å²) in [5, 5.41) is 13.8. The molecule has 0 radical (unpaired) electrons. The van der Waals surface area contributed by atoms with Crippen LogP contribution in [0.1, 0.15) is 13.3 Å². The highest BCUT2D eigenvalue weighted by Gasteiger charge is 2.18. The molecule has 0 unspecified atom stereocenters. The smallest absolute Gasteiger partial charge is 0.349 e. The van der Waals surface area contributed by atoms with Gasteiger partial charge in [0, 0.05) is 13.1 Å². The van der Waals surface area contributed by atoms with Crippen molar-refractivity contribution in [1.82, 2.24) is 14.9 Å². The largest absolute Gasteiger partial charge is 0.471 e. The number of nitrogens with one attached hydrogen (secondary N) is 1. The lowest BCUT2D eigenvalue weighted by Gasteiger charge is -2.11. The quantitative estimate of drug-likeness (QED) is 0.558. The standard InChI is InChI=1S/C11H19N5O3/c1-4-5-12-11-13-8-9(16(17)18)10(14-11)19-7-6-15(2)3/h8H,4-7H2,1-3H3,(H,12,13,14). The van der Waals surface area contributed by atoms with Crippen LogP contribution >= 0.6 is 0 Å². The lowest BCUT2D eigenvalue weighted by molar-refractivity contribution is -0.386. The van der Waals surface area contributed by atoms with Crippen molar-refractivity contribution in [2.24, 2.45) is 0 Å². The van der Waals surface area contributed by atoms with Crippen molar-refractivity contribution in [3.63, 3.8) is 0 Å². The van der Waals surface area contributed by atoms with Gasteiger partial charge >= 0.3 is 5.69 Å². The van der Waals surface area contributed by atoms with Gasteiger partial charge in [0.2, 0.25) is 5.95 Å². The van der Waals surface area contributed by atoms with Gasteiger partial charge in [-0.1, -0.05) is 6.92 Å². The van der Waals surface area contributed by atoms with Crippen molar-refractivity contribution < 1.29 is 9.66 Å². The minimum atomic E-state index is -0.547. The van der Waals surface area contributed by atoms with E-state index in [1.165, 1.54) is 0 Å². The van der Waals surface area contributed by atoms with Crippen LogP contribution in [0, 0.1) is 10.1 Å². The van der Waals surface area contributed by atoms with Crippen molar-refractivity contribution in [2.45, 2.75) is 13.3 Å². The van der Waals surface area contributed by atoms with Gasteiger partial charge in [0.15, 0.2) is 0 Å². The van der Waals surface area contributed by atoms with E-state index in [0.29, 0.717) is 25.6 Å². The van der Waals surface area contributed by atoms with Gasteiger partial charge in [-0.2, -0.15) is 4.98 Å². The third-order valence-electron chi connectivity index (χ3n) is 2.24. The molecule has 0 spiro atoms. The predicted molar refractivity (Wildman–Crippen MR) is 71.5 cm³/mol. The molecule has 0 aliphatic carbocycles. The summed E-state index contributed by atoms with van der Waals surface area (Å²) >= 11 is 0. The lowest BCUT2D eigenvalue weighted by Crippen LogP contribution is -2.20. The van der Waals surface area contributed by atoms with Crippen LogP contribution in [0.2, 0.25) is 0 Å². The minimum Gasteiger partial charge on any atom is -0.471 e. The Morgan fingerprint density at radius 2 is 2.26 bits per heavy atom. The average molecular weight is 269 g/mol. The number of likely N-dealkylation sites (N-methyl/N-ethyl adjacent to an activating group) is 1. The summed E-state index contributed by atoms with van der Waals surface area (Å²) in [4.78, 5) is 20.1. The van der Waals surface area contributed by atoms with Crippen LogP contribution in [0.5, 0.6) is 5.88 Å². The maximum atomic E-state index is 10.9. The molecule has 1 aromatic rings. The van der Waals surface area contributed by atoms with Gasteiger partial charge in [-0.05, 0) is 20.5 Å². The zero-order valence-electron chi connectivity index (χ0n) is 11.4. The van der Waals surface area contributed by atoms with Gasteiger partial charge in [-0.25, -0.2) is 4.98 Å². The molecule has 0 aliphatic rings. The van der Waals surface area contributed by atoms with Crippen molar-refractivity contribution in [2.75, 3.05) is 39.1 Å². The second kappa shape index (κ2) is 7.47. The molecule has 19 heavy (non-hydrogen) atoms. The molecular weight excluding hydrogens is 250 g/mol. The monoisotopic (exact) mass is 269 g/mol. The maximum absolute atomic E-state index is 10.9. The zero-order chi connectivity index (χ0) is 14.3. The Hall–Kier alpha value is -1.96. The third kappa shape index (κ3) is 5.04. The topological polar surface area (TPSA) is 93.4 Å². The normalized spacial score (nSPS) is 10.5. The molecule has 1 heterocycles. The Labute approximate surface area is 112 Å². The Kier molecular flexibility index (Phi) is 5.94. The second-order valence-corrected chi connectivity index (χ2v) is 4.22. The molecule has 0 saturated heterocycles. The summed E-state index contributed by atoms with van der Waals surface area (Å²) in [6.07, 6.45) is 2.08. The van der Waals surface area contributed by atoms with E-state index in [-0.39, 0.29) is 11.6 Å². The number of rotatable bonds is 8. The average Bonchev–Trinajstić information content (AvgIpc) is 2.35. The van der Waals surface area contributed by atoms with Crippen LogP contribution in [-0.4, -0.2) is 53.6 Å². The molecule has 0 aromatic carbocycles. The first-order chi connectivity index (χ1) is 9.04. The number of aromatic nitrogens is 2. The van der Waals surface area contributed by atoms with E-state index in [1.807, 2.05) is 25.9 Å². The van der Waals surface area contributed by atoms with E-state index in [1.54, 1.807) is 0 Å². The Balaban J connectivity index is 2.79. The van der Waals surface area contributed by atoms with Crippen LogP contribution in [0.3, 0.4) is 0 Å². The number of anilines is 1. The van der Waals surface area contributed by atoms with Gasteiger partial charge in [0.25, 0.3) is 5.88 Å². The Morgan fingerprint density at radius 3 is 2.84 bits per heavy atom. The number of hydrogen-bond donors (Lipinski definition) is 1. The van der Waals surface area contributed by atoms with Crippen LogP contribution in [0.15, 0.2) is 6.20 Å². The van der Waals surface area contributed by atoms with E-state index in [2.05, 4.69) is 15.3 Å². The fourth-order valence-corrected chi connectivity index (χ4v) is 1.24. The van der Waals surface area contributed by atoms with E-state index in [9.17, 15) is 10.1 Å². The van der Waals surface area contributed by atoms with E-state index >= 15 is 0 Å². The Morgan fingerprint density at radius 1 is 1.53 bits per heavy atom. The van der Waals surface area contributed by atoms with Crippen molar-refractivity contribution in [3.05, 3.63) is 16.3 Å². The highest BCUT2D eigenvalue weighted by molar-refractivity contribution is 5.43. The maximum Gasteiger partial charge on any atom is 0.349 e. The lowest BCUT2D eigenvalue weighted by atomic mass is 10.5. The molecule has 0 saturated carbocycles. The van der Waals surface area contributed by atoms with Gasteiger partial charge in [0.1, 0.15) is 12.8 Å². The van der Waals surface area contributed by atoms with Crippen LogP contribution in [-0.2, 0) is 0 Å². The molecular formula is C11H19N5O3. The third-order valence-corrected chi connectivity index (χ3v) is 2.24. The Bertz CT molecular complexity index is 425. The summed E-state index contributed by atoms with van der Waals surface area (Å²) in [5.41, 5.74) is -0.221. The summed E-state index contributed by atoms with van der Waals surface area (Å²) in [6.45, 7) is 3.69. The van der Waals surface area contributed by atoms with Crippen LogP contribution < -0.4 is 10.1 Å². The molecule has 0 fully saturated rings. The van der Waals surface area contributed by atoms with Crippen molar-refractivity contribution in [3.8, 4) is 5.88 Å². The highest BCUT2D eigenvalue weighted by atomic mass is 16.6.